The van der Waals surface area contributed by atoms with Gasteiger partial charge in [-0.3, -0.25) is 4.90 Å². The van der Waals surface area contributed by atoms with E-state index >= 15 is 0 Å². The van der Waals surface area contributed by atoms with Crippen molar-refractivity contribution in [3.05, 3.63) is 59.4 Å². The first kappa shape index (κ1) is 21.1. The molecule has 1 aliphatic heterocycles. The number of halogens is 2. The lowest BCUT2D eigenvalue weighted by molar-refractivity contribution is 0.148. The predicted octanol–water partition coefficient (Wildman–Crippen LogP) is 3.20. The van der Waals surface area contributed by atoms with E-state index in [-0.39, 0.29) is 17.3 Å². The Hall–Kier alpha value is -3.17. The first-order valence-corrected chi connectivity index (χ1v) is 10.1. The van der Waals surface area contributed by atoms with Crippen molar-refractivity contribution in [3.8, 4) is 11.3 Å². The van der Waals surface area contributed by atoms with Crippen LogP contribution in [0.5, 0.6) is 0 Å². The van der Waals surface area contributed by atoms with Gasteiger partial charge < -0.3 is 16.0 Å². The maximum absolute atomic E-state index is 14.3. The van der Waals surface area contributed by atoms with E-state index in [9.17, 15) is 8.78 Å². The summed E-state index contributed by atoms with van der Waals surface area (Å²) in [5.74, 6) is -0.547. The van der Waals surface area contributed by atoms with E-state index in [2.05, 4.69) is 37.1 Å². The molecule has 2 aromatic heterocycles. The summed E-state index contributed by atoms with van der Waals surface area (Å²) in [6, 6.07) is 6.60. The Balaban J connectivity index is 1.48. The van der Waals surface area contributed by atoms with Gasteiger partial charge in [0.05, 0.1) is 11.9 Å². The van der Waals surface area contributed by atoms with Crippen molar-refractivity contribution in [1.82, 2.24) is 24.8 Å². The van der Waals surface area contributed by atoms with Gasteiger partial charge in [-0.05, 0) is 43.3 Å². The molecule has 0 radical (unpaired) electrons. The molecule has 1 aliphatic rings. The smallest absolute Gasteiger partial charge is 0.229 e. The first-order valence-electron chi connectivity index (χ1n) is 10.1. The molecular formula is C22H25F2N7. The van der Waals surface area contributed by atoms with E-state index in [1.54, 1.807) is 13.0 Å². The molecule has 0 unspecified atom stereocenters. The zero-order valence-electron chi connectivity index (χ0n) is 17.6. The first-order chi connectivity index (χ1) is 14.9. The summed E-state index contributed by atoms with van der Waals surface area (Å²) >= 11 is 0. The number of hydrogen-bond acceptors (Lipinski definition) is 7. The molecule has 31 heavy (non-hydrogen) atoms. The minimum atomic E-state index is -0.649. The minimum absolute atomic E-state index is 0.00816. The number of aryl methyl sites for hydroxylation is 1. The molecule has 162 valence electrons. The fourth-order valence-electron chi connectivity index (χ4n) is 3.49. The fraction of sp³-hybridized carbons (Fsp3) is 0.318. The van der Waals surface area contributed by atoms with Crippen LogP contribution in [0.1, 0.15) is 11.1 Å². The average molecular weight is 425 g/mol. The number of benzene rings is 1. The highest BCUT2D eigenvalue weighted by Gasteiger charge is 2.15. The van der Waals surface area contributed by atoms with Crippen LogP contribution in [-0.4, -0.2) is 58.0 Å². The van der Waals surface area contributed by atoms with Crippen LogP contribution < -0.4 is 11.1 Å². The molecule has 1 saturated heterocycles. The number of nitrogens with zero attached hydrogens (tertiary/aromatic N) is 5. The van der Waals surface area contributed by atoms with Gasteiger partial charge >= 0.3 is 0 Å². The normalized spacial score (nSPS) is 15.2. The molecule has 3 aromatic rings. The molecule has 3 heterocycles. The van der Waals surface area contributed by atoms with Gasteiger partial charge in [-0.1, -0.05) is 6.07 Å². The van der Waals surface area contributed by atoms with Gasteiger partial charge in [-0.2, -0.15) is 0 Å². The molecule has 0 aliphatic carbocycles. The second-order valence-electron chi connectivity index (χ2n) is 7.83. The van der Waals surface area contributed by atoms with Gasteiger partial charge in [0, 0.05) is 44.5 Å². The zero-order valence-corrected chi connectivity index (χ0v) is 17.6. The number of rotatable bonds is 5. The molecule has 9 heteroatoms. The standard InChI is InChI=1S/C22H25F2N7/c1-14-9-16(10-17(23)20(14)25)21-18(24)12-27-22(29-21)28-19-4-3-15(11-26-19)13-31-7-5-30(2)6-8-31/h3-4,9-12H,5-8,13,25H2,1-2H3,(H,26,27,28,29). The van der Waals surface area contributed by atoms with Gasteiger partial charge in [-0.15, -0.1) is 0 Å². The van der Waals surface area contributed by atoms with Gasteiger partial charge in [0.25, 0.3) is 0 Å². The number of pyridine rings is 1. The van der Waals surface area contributed by atoms with Crippen LogP contribution in [-0.2, 0) is 6.54 Å². The van der Waals surface area contributed by atoms with Crippen molar-refractivity contribution in [3.63, 3.8) is 0 Å². The molecule has 7 nitrogen and oxygen atoms in total. The van der Waals surface area contributed by atoms with Crippen molar-refractivity contribution >= 4 is 17.5 Å². The second kappa shape index (κ2) is 8.91. The summed E-state index contributed by atoms with van der Waals surface area (Å²) in [4.78, 5) is 17.3. The quantitative estimate of drug-likeness (QED) is 0.608. The molecule has 3 N–H and O–H groups in total. The van der Waals surface area contributed by atoms with E-state index < -0.39 is 11.6 Å². The van der Waals surface area contributed by atoms with Crippen molar-refractivity contribution in [2.75, 3.05) is 44.3 Å². The monoisotopic (exact) mass is 425 g/mol. The van der Waals surface area contributed by atoms with Crippen LogP contribution in [0.25, 0.3) is 11.3 Å². The van der Waals surface area contributed by atoms with Gasteiger partial charge in [0.15, 0.2) is 5.82 Å². The summed E-state index contributed by atoms with van der Waals surface area (Å²) in [5, 5.41) is 2.98. The molecule has 0 amide bonds. The van der Waals surface area contributed by atoms with Crippen LogP contribution >= 0.6 is 0 Å². The van der Waals surface area contributed by atoms with Crippen molar-refractivity contribution < 1.29 is 8.78 Å². The summed E-state index contributed by atoms with van der Waals surface area (Å²) in [7, 11) is 2.13. The predicted molar refractivity (Wildman–Crippen MR) is 117 cm³/mol. The molecule has 0 spiro atoms. The Morgan fingerprint density at radius 3 is 2.48 bits per heavy atom. The maximum Gasteiger partial charge on any atom is 0.229 e. The number of nitrogen functional groups attached to an aromatic ring is 1. The number of nitrogens with two attached hydrogens (primary N) is 1. The number of likely N-dealkylation sites (N-methyl/N-ethyl adjacent to an activating group) is 1. The van der Waals surface area contributed by atoms with Crippen LogP contribution in [0.15, 0.2) is 36.7 Å². The Morgan fingerprint density at radius 2 is 1.81 bits per heavy atom. The molecular weight excluding hydrogens is 400 g/mol. The van der Waals surface area contributed by atoms with Gasteiger partial charge in [0.2, 0.25) is 5.95 Å². The van der Waals surface area contributed by atoms with E-state index in [0.717, 1.165) is 44.5 Å². The number of hydrogen-bond donors (Lipinski definition) is 2. The number of anilines is 3. The summed E-state index contributed by atoms with van der Waals surface area (Å²) in [6.07, 6.45) is 2.86. The van der Waals surface area contributed by atoms with E-state index in [4.69, 9.17) is 5.73 Å². The van der Waals surface area contributed by atoms with E-state index in [1.165, 1.54) is 6.07 Å². The number of nitrogens with one attached hydrogen (secondary N) is 1. The summed E-state index contributed by atoms with van der Waals surface area (Å²) < 4.78 is 28.3. The molecule has 0 atom stereocenters. The third-order valence-electron chi connectivity index (χ3n) is 5.42. The number of aromatic nitrogens is 3. The van der Waals surface area contributed by atoms with Crippen LogP contribution in [0, 0.1) is 18.6 Å². The Bertz CT molecular complexity index is 1040. The van der Waals surface area contributed by atoms with Gasteiger partial charge in [0.1, 0.15) is 17.3 Å². The van der Waals surface area contributed by atoms with Crippen molar-refractivity contribution in [2.45, 2.75) is 13.5 Å². The lowest BCUT2D eigenvalue weighted by Crippen LogP contribution is -2.43. The summed E-state index contributed by atoms with van der Waals surface area (Å²) in [5.41, 5.74) is 7.60. The highest BCUT2D eigenvalue weighted by molar-refractivity contribution is 5.66. The van der Waals surface area contributed by atoms with E-state index in [1.807, 2.05) is 18.3 Å². The molecule has 0 bridgehead atoms. The van der Waals surface area contributed by atoms with Crippen molar-refractivity contribution in [1.29, 1.82) is 0 Å². The third kappa shape index (κ3) is 4.95. The third-order valence-corrected chi connectivity index (χ3v) is 5.42. The highest BCUT2D eigenvalue weighted by Crippen LogP contribution is 2.27. The average Bonchev–Trinajstić information content (AvgIpc) is 2.76. The van der Waals surface area contributed by atoms with Gasteiger partial charge in [-0.25, -0.2) is 23.7 Å². The highest BCUT2D eigenvalue weighted by atomic mass is 19.1. The van der Waals surface area contributed by atoms with Crippen molar-refractivity contribution in [2.24, 2.45) is 0 Å². The maximum atomic E-state index is 14.3. The van der Waals surface area contributed by atoms with Crippen LogP contribution in [0.3, 0.4) is 0 Å². The largest absolute Gasteiger partial charge is 0.396 e. The Kier molecular flexibility index (Phi) is 6.06. The topological polar surface area (TPSA) is 83.2 Å². The SMILES string of the molecule is Cc1cc(-c2nc(Nc3ccc(CN4CCN(C)CC4)cn3)ncc2F)cc(F)c1N. The van der Waals surface area contributed by atoms with Crippen LogP contribution in [0.4, 0.5) is 26.2 Å². The van der Waals surface area contributed by atoms with Crippen LogP contribution in [0.2, 0.25) is 0 Å². The molecule has 1 aromatic carbocycles. The molecule has 4 rings (SSSR count). The lowest BCUT2D eigenvalue weighted by Gasteiger charge is -2.32. The summed E-state index contributed by atoms with van der Waals surface area (Å²) in [6.45, 7) is 6.71. The molecule has 1 fully saturated rings. The lowest BCUT2D eigenvalue weighted by atomic mass is 10.1. The Labute approximate surface area is 179 Å². The fourth-order valence-corrected chi connectivity index (χ4v) is 3.49. The minimum Gasteiger partial charge on any atom is -0.396 e. The Morgan fingerprint density at radius 1 is 1.03 bits per heavy atom. The number of piperazine rings is 1. The van der Waals surface area contributed by atoms with E-state index in [0.29, 0.717) is 16.9 Å². The molecule has 0 saturated carbocycles. The second-order valence-corrected chi connectivity index (χ2v) is 7.83. The zero-order chi connectivity index (χ0) is 22.0.